The van der Waals surface area contributed by atoms with Crippen molar-refractivity contribution in [3.05, 3.63) is 0 Å². The molecule has 0 aromatic rings. The van der Waals surface area contributed by atoms with Gasteiger partial charge in [0.2, 0.25) is 34.9 Å². The molecule has 5 atom stereocenters. The number of rotatable bonds is 5. The summed E-state index contributed by atoms with van der Waals surface area (Å²) in [5, 5.41) is 5.59. The molecular weight excluding hydrogens is 424 g/mol. The highest BCUT2D eigenvalue weighted by Gasteiger charge is 2.79. The van der Waals surface area contributed by atoms with Gasteiger partial charge in [0.1, 0.15) is 10.8 Å². The largest absolute Gasteiger partial charge is 0.353 e. The van der Waals surface area contributed by atoms with Crippen LogP contribution in [0.5, 0.6) is 0 Å². The van der Waals surface area contributed by atoms with Crippen molar-refractivity contribution >= 4 is 34.9 Å². The number of nitrogens with one attached hydrogen (secondary N) is 2. The minimum atomic E-state index is -1.40. The Kier molecular flexibility index (Phi) is 4.60. The molecule has 0 aliphatic heterocycles. The summed E-state index contributed by atoms with van der Waals surface area (Å²) in [5.41, 5.74) is -6.12. The highest BCUT2D eigenvalue weighted by molar-refractivity contribution is 6.49. The fraction of sp³-hybridized carbons (Fsp3) is 0.760. The fourth-order valence-electron chi connectivity index (χ4n) is 7.34. The van der Waals surface area contributed by atoms with Crippen LogP contribution in [0, 0.1) is 32.5 Å². The molecule has 0 aromatic heterocycles. The predicted molar refractivity (Wildman–Crippen MR) is 118 cm³/mol. The Morgan fingerprint density at radius 3 is 1.45 bits per heavy atom. The van der Waals surface area contributed by atoms with Crippen LogP contribution in [-0.4, -0.2) is 47.5 Å². The van der Waals surface area contributed by atoms with Gasteiger partial charge in [0.25, 0.3) is 0 Å². The van der Waals surface area contributed by atoms with Gasteiger partial charge in [-0.05, 0) is 43.4 Å². The fourth-order valence-corrected chi connectivity index (χ4v) is 7.34. The standard InChI is InChI=1S/C25H34N2O6/c1-13(27-19(33)25-11-9-23(7,21(25,4)5)15(29)17(25)31)12-26-18(32)24-10-8-22(6,20(24,2)3)14(28)16(24)30/h13H,8-12H2,1-7H3,(H,26,32)(H,27,33). The second kappa shape index (κ2) is 6.39. The van der Waals surface area contributed by atoms with Crippen molar-refractivity contribution in [2.24, 2.45) is 32.5 Å². The Labute approximate surface area is 194 Å². The van der Waals surface area contributed by atoms with E-state index in [-0.39, 0.29) is 6.54 Å². The third-order valence-corrected chi connectivity index (χ3v) is 10.8. The molecule has 0 spiro atoms. The highest BCUT2D eigenvalue weighted by Crippen LogP contribution is 2.70. The van der Waals surface area contributed by atoms with Crippen molar-refractivity contribution in [3.63, 3.8) is 0 Å². The van der Waals surface area contributed by atoms with Gasteiger partial charge in [0.05, 0.1) is 0 Å². The maximum atomic E-state index is 13.3. The molecule has 4 bridgehead atoms. The highest BCUT2D eigenvalue weighted by atomic mass is 16.2. The third kappa shape index (κ3) is 2.23. The van der Waals surface area contributed by atoms with Crippen molar-refractivity contribution in [1.29, 1.82) is 0 Å². The smallest absolute Gasteiger partial charge is 0.235 e. The summed E-state index contributed by atoms with van der Waals surface area (Å²) in [5.74, 6) is -3.21. The molecule has 0 saturated heterocycles. The Bertz CT molecular complexity index is 1040. The third-order valence-electron chi connectivity index (χ3n) is 10.8. The Hall–Kier alpha value is -2.38. The molecule has 8 nitrogen and oxygen atoms in total. The monoisotopic (exact) mass is 458 g/mol. The van der Waals surface area contributed by atoms with Crippen LogP contribution in [0.15, 0.2) is 0 Å². The summed E-state index contributed by atoms with van der Waals surface area (Å²) in [6.07, 6.45) is 1.60. The average molecular weight is 459 g/mol. The minimum Gasteiger partial charge on any atom is -0.353 e. The molecule has 5 unspecified atom stereocenters. The Morgan fingerprint density at radius 1 is 0.697 bits per heavy atom. The number of hydrogen-bond donors (Lipinski definition) is 2. The van der Waals surface area contributed by atoms with Crippen molar-refractivity contribution < 1.29 is 28.8 Å². The molecule has 0 heterocycles. The number of Topliss-reactive ketones (excluding diaryl/α,β-unsaturated/α-hetero) is 4. The molecular formula is C25H34N2O6. The normalized spacial score (nSPS) is 40.9. The van der Waals surface area contributed by atoms with Crippen molar-refractivity contribution in [1.82, 2.24) is 10.6 Å². The van der Waals surface area contributed by atoms with E-state index in [0.717, 1.165) is 0 Å². The lowest BCUT2D eigenvalue weighted by Crippen LogP contribution is -2.56. The lowest BCUT2D eigenvalue weighted by molar-refractivity contribution is -0.150. The van der Waals surface area contributed by atoms with E-state index < -0.39 is 73.5 Å². The second-order valence-electron chi connectivity index (χ2n) is 12.1. The van der Waals surface area contributed by atoms with E-state index in [1.54, 1.807) is 48.5 Å². The van der Waals surface area contributed by atoms with Crippen LogP contribution in [0.3, 0.4) is 0 Å². The molecule has 180 valence electrons. The molecule has 4 aliphatic rings. The molecule has 33 heavy (non-hydrogen) atoms. The average Bonchev–Trinajstić information content (AvgIpc) is 3.17. The van der Waals surface area contributed by atoms with Crippen LogP contribution in [-0.2, 0) is 28.8 Å². The summed E-state index contributed by atoms with van der Waals surface area (Å²) in [6.45, 7) is 12.5. The first kappa shape index (κ1) is 23.8. The van der Waals surface area contributed by atoms with Gasteiger partial charge in [-0.15, -0.1) is 0 Å². The van der Waals surface area contributed by atoms with Gasteiger partial charge in [0, 0.05) is 23.4 Å². The number of carbonyl (C=O) groups excluding carboxylic acids is 6. The van der Waals surface area contributed by atoms with Crippen molar-refractivity contribution in [2.45, 2.75) is 80.2 Å². The molecule has 4 rings (SSSR count). The zero-order valence-electron chi connectivity index (χ0n) is 20.6. The van der Waals surface area contributed by atoms with Gasteiger partial charge in [0.15, 0.2) is 0 Å². The number of fused-ring (bicyclic) bond motifs is 4. The first-order valence-electron chi connectivity index (χ1n) is 11.8. The molecule has 4 aliphatic carbocycles. The topological polar surface area (TPSA) is 126 Å². The van der Waals surface area contributed by atoms with E-state index in [1.807, 2.05) is 0 Å². The van der Waals surface area contributed by atoms with Crippen LogP contribution >= 0.6 is 0 Å². The minimum absolute atomic E-state index is 0.0382. The van der Waals surface area contributed by atoms with Crippen LogP contribution in [0.25, 0.3) is 0 Å². The predicted octanol–water partition coefficient (Wildman–Crippen LogP) is 1.54. The van der Waals surface area contributed by atoms with E-state index in [0.29, 0.717) is 25.7 Å². The van der Waals surface area contributed by atoms with Crippen LogP contribution in [0.1, 0.15) is 74.1 Å². The van der Waals surface area contributed by atoms with Crippen molar-refractivity contribution in [3.8, 4) is 0 Å². The van der Waals surface area contributed by atoms with Gasteiger partial charge in [-0.2, -0.15) is 0 Å². The first-order chi connectivity index (χ1) is 15.0. The summed E-state index contributed by atoms with van der Waals surface area (Å²) in [6, 6.07) is -0.540. The Balaban J connectivity index is 1.47. The zero-order valence-corrected chi connectivity index (χ0v) is 20.6. The molecule has 2 amide bonds. The molecule has 0 aromatic carbocycles. The second-order valence-corrected chi connectivity index (χ2v) is 12.1. The molecule has 2 N–H and O–H groups in total. The zero-order chi connectivity index (χ0) is 25.0. The molecule has 4 fully saturated rings. The quantitative estimate of drug-likeness (QED) is 0.475. The van der Waals surface area contributed by atoms with Gasteiger partial charge < -0.3 is 10.6 Å². The summed E-state index contributed by atoms with van der Waals surface area (Å²) >= 11 is 0. The Morgan fingerprint density at radius 2 is 1.09 bits per heavy atom. The first-order valence-corrected chi connectivity index (χ1v) is 11.8. The lowest BCUT2D eigenvalue weighted by Gasteiger charge is -2.38. The molecule has 8 heteroatoms. The van der Waals surface area contributed by atoms with Gasteiger partial charge in [-0.3, -0.25) is 28.8 Å². The molecule has 0 radical (unpaired) electrons. The van der Waals surface area contributed by atoms with Gasteiger partial charge in [-0.1, -0.05) is 41.5 Å². The van der Waals surface area contributed by atoms with E-state index in [2.05, 4.69) is 10.6 Å². The van der Waals surface area contributed by atoms with E-state index in [1.165, 1.54) is 0 Å². The SMILES string of the molecule is CC(CNC(=O)C12CCC(C)(C(=O)C1=O)C2(C)C)NC(=O)C12CCC(C)(C(=O)C1=O)C2(C)C. The van der Waals surface area contributed by atoms with Crippen LogP contribution in [0.4, 0.5) is 0 Å². The summed E-state index contributed by atoms with van der Waals surface area (Å²) in [4.78, 5) is 77.6. The number of amides is 2. The number of ketones is 4. The maximum Gasteiger partial charge on any atom is 0.235 e. The van der Waals surface area contributed by atoms with E-state index >= 15 is 0 Å². The maximum absolute atomic E-state index is 13.3. The van der Waals surface area contributed by atoms with E-state index in [9.17, 15) is 28.8 Å². The summed E-state index contributed by atoms with van der Waals surface area (Å²) in [7, 11) is 0. The van der Waals surface area contributed by atoms with Crippen LogP contribution < -0.4 is 10.6 Å². The van der Waals surface area contributed by atoms with Gasteiger partial charge in [-0.25, -0.2) is 0 Å². The van der Waals surface area contributed by atoms with Crippen LogP contribution in [0.2, 0.25) is 0 Å². The number of carbonyl (C=O) groups is 6. The summed E-state index contributed by atoms with van der Waals surface area (Å²) < 4.78 is 0. The van der Waals surface area contributed by atoms with E-state index in [4.69, 9.17) is 0 Å². The van der Waals surface area contributed by atoms with Gasteiger partial charge >= 0.3 is 0 Å². The van der Waals surface area contributed by atoms with Crippen molar-refractivity contribution in [2.75, 3.05) is 6.54 Å². The number of hydrogen-bond acceptors (Lipinski definition) is 6. The lowest BCUT2D eigenvalue weighted by atomic mass is 9.64. The molecule has 4 saturated carbocycles.